The number of nitrogen functional groups attached to an aromatic ring is 1. The van der Waals surface area contributed by atoms with Crippen LogP contribution >= 0.6 is 23.2 Å². The highest BCUT2D eigenvalue weighted by Gasteiger charge is 2.27. The zero-order valence-corrected chi connectivity index (χ0v) is 14.4. The van der Waals surface area contributed by atoms with Crippen molar-refractivity contribution in [3.05, 3.63) is 16.1 Å². The number of rotatable bonds is 1. The lowest BCUT2D eigenvalue weighted by Gasteiger charge is -2.36. The molecule has 0 aromatic carbocycles. The Labute approximate surface area is 140 Å². The minimum absolute atomic E-state index is 0.246. The average Bonchev–Trinajstić information content (AvgIpc) is 2.41. The van der Waals surface area contributed by atoms with Gasteiger partial charge in [-0.1, -0.05) is 23.2 Å². The summed E-state index contributed by atoms with van der Waals surface area (Å²) in [6, 6.07) is 1.58. The second-order valence-corrected chi connectivity index (χ2v) is 6.93. The molecule has 1 aromatic heterocycles. The second kappa shape index (κ2) is 6.38. The minimum atomic E-state index is -0.496. The number of nitrogens with two attached hydrogens (primary N) is 1. The lowest BCUT2D eigenvalue weighted by Crippen LogP contribution is -2.50. The van der Waals surface area contributed by atoms with Gasteiger partial charge in [0.05, 0.1) is 10.0 Å². The van der Waals surface area contributed by atoms with Gasteiger partial charge in [-0.25, -0.2) is 9.78 Å². The summed E-state index contributed by atoms with van der Waals surface area (Å²) in [6.45, 7) is 7.83. The molecule has 1 saturated heterocycles. The van der Waals surface area contributed by atoms with Crippen molar-refractivity contribution in [3.63, 3.8) is 0 Å². The molecule has 2 heterocycles. The first kappa shape index (κ1) is 17.0. The van der Waals surface area contributed by atoms with Crippen molar-refractivity contribution in [2.24, 2.45) is 0 Å². The molecule has 1 aliphatic heterocycles. The van der Waals surface area contributed by atoms with Crippen LogP contribution in [0.4, 0.5) is 16.4 Å². The van der Waals surface area contributed by atoms with Gasteiger partial charge in [0.2, 0.25) is 0 Å². The maximum atomic E-state index is 12.0. The Kier molecular flexibility index (Phi) is 4.92. The number of amides is 1. The van der Waals surface area contributed by atoms with Crippen LogP contribution in [-0.2, 0) is 4.74 Å². The molecule has 2 N–H and O–H groups in total. The predicted molar refractivity (Wildman–Crippen MR) is 88.7 cm³/mol. The standard InChI is InChI=1S/C14H20Cl2N4O2/c1-14(2,3)22-13(21)20-6-4-19(5-7-20)12-10(16)8-9(15)11(17)18-12/h8H,4-7H2,1-3H3,(H2,17,18). The Morgan fingerprint density at radius 2 is 1.82 bits per heavy atom. The highest BCUT2D eigenvalue weighted by Crippen LogP contribution is 2.30. The van der Waals surface area contributed by atoms with E-state index in [9.17, 15) is 4.79 Å². The van der Waals surface area contributed by atoms with Gasteiger partial charge in [0, 0.05) is 26.2 Å². The summed E-state index contributed by atoms with van der Waals surface area (Å²) in [5.74, 6) is 0.836. The smallest absolute Gasteiger partial charge is 0.410 e. The van der Waals surface area contributed by atoms with Crippen molar-refractivity contribution in [2.45, 2.75) is 26.4 Å². The van der Waals surface area contributed by atoms with E-state index in [1.54, 1.807) is 11.0 Å². The molecule has 1 aromatic rings. The molecule has 0 saturated carbocycles. The molecule has 0 aliphatic carbocycles. The predicted octanol–water partition coefficient (Wildman–Crippen LogP) is 3.03. The first-order valence-electron chi connectivity index (χ1n) is 7.02. The molecule has 0 unspecified atom stereocenters. The number of halogens is 2. The fraction of sp³-hybridized carbons (Fsp3) is 0.571. The Morgan fingerprint density at radius 3 is 2.36 bits per heavy atom. The third-order valence-corrected chi connectivity index (χ3v) is 3.75. The maximum absolute atomic E-state index is 12.0. The number of anilines is 2. The molecule has 122 valence electrons. The fourth-order valence-electron chi connectivity index (χ4n) is 2.12. The van der Waals surface area contributed by atoms with Crippen molar-refractivity contribution in [2.75, 3.05) is 36.8 Å². The summed E-state index contributed by atoms with van der Waals surface area (Å²) in [6.07, 6.45) is -0.304. The van der Waals surface area contributed by atoms with Crippen LogP contribution in [0.5, 0.6) is 0 Å². The van der Waals surface area contributed by atoms with E-state index in [0.29, 0.717) is 42.0 Å². The molecule has 0 radical (unpaired) electrons. The number of hydrogen-bond acceptors (Lipinski definition) is 5. The number of hydrogen-bond donors (Lipinski definition) is 1. The molecule has 0 spiro atoms. The monoisotopic (exact) mass is 346 g/mol. The Morgan fingerprint density at radius 1 is 1.23 bits per heavy atom. The largest absolute Gasteiger partial charge is 0.444 e. The molecule has 22 heavy (non-hydrogen) atoms. The SMILES string of the molecule is CC(C)(C)OC(=O)N1CCN(c2nc(N)c(Cl)cc2Cl)CC1. The molecule has 0 atom stereocenters. The number of aromatic nitrogens is 1. The van der Waals surface area contributed by atoms with Crippen LogP contribution in [0, 0.1) is 0 Å². The van der Waals surface area contributed by atoms with E-state index in [-0.39, 0.29) is 11.9 Å². The summed E-state index contributed by atoms with van der Waals surface area (Å²) in [5, 5.41) is 0.783. The van der Waals surface area contributed by atoms with Crippen molar-refractivity contribution in [3.8, 4) is 0 Å². The molecule has 2 rings (SSSR count). The topological polar surface area (TPSA) is 71.7 Å². The number of piperazine rings is 1. The van der Waals surface area contributed by atoms with Crippen LogP contribution in [0.2, 0.25) is 10.0 Å². The van der Waals surface area contributed by atoms with Gasteiger partial charge >= 0.3 is 6.09 Å². The van der Waals surface area contributed by atoms with Gasteiger partial charge in [-0.2, -0.15) is 0 Å². The van der Waals surface area contributed by atoms with Gasteiger partial charge in [0.25, 0.3) is 0 Å². The van der Waals surface area contributed by atoms with Gasteiger partial charge in [-0.15, -0.1) is 0 Å². The number of pyridine rings is 1. The normalized spacial score (nSPS) is 15.9. The zero-order chi connectivity index (χ0) is 16.5. The van der Waals surface area contributed by atoms with Crippen LogP contribution in [0.25, 0.3) is 0 Å². The third-order valence-electron chi connectivity index (χ3n) is 3.17. The molecule has 8 heteroatoms. The van der Waals surface area contributed by atoms with Crippen molar-refractivity contribution < 1.29 is 9.53 Å². The molecule has 1 aliphatic rings. The Hall–Kier alpha value is -1.40. The fourth-order valence-corrected chi connectivity index (χ4v) is 2.60. The van der Waals surface area contributed by atoms with E-state index in [1.165, 1.54) is 0 Å². The van der Waals surface area contributed by atoms with Crippen molar-refractivity contribution in [1.82, 2.24) is 9.88 Å². The first-order valence-corrected chi connectivity index (χ1v) is 7.77. The summed E-state index contributed by atoms with van der Waals surface area (Å²) < 4.78 is 5.37. The quantitative estimate of drug-likeness (QED) is 0.845. The molecule has 6 nitrogen and oxygen atoms in total. The van der Waals surface area contributed by atoms with Crippen LogP contribution in [0.1, 0.15) is 20.8 Å². The lowest BCUT2D eigenvalue weighted by atomic mass is 10.2. The van der Waals surface area contributed by atoms with Crippen LogP contribution in [-0.4, -0.2) is 47.8 Å². The van der Waals surface area contributed by atoms with Crippen molar-refractivity contribution in [1.29, 1.82) is 0 Å². The van der Waals surface area contributed by atoms with Gasteiger partial charge < -0.3 is 20.3 Å². The van der Waals surface area contributed by atoms with Crippen LogP contribution < -0.4 is 10.6 Å². The number of carbonyl (C=O) groups is 1. The molecule has 1 fully saturated rings. The Bertz CT molecular complexity index is 567. The van der Waals surface area contributed by atoms with E-state index in [4.69, 9.17) is 33.7 Å². The zero-order valence-electron chi connectivity index (χ0n) is 12.9. The van der Waals surface area contributed by atoms with Gasteiger partial charge in [0.15, 0.2) is 0 Å². The highest BCUT2D eigenvalue weighted by molar-refractivity contribution is 6.37. The third kappa shape index (κ3) is 4.08. The molecule has 0 bridgehead atoms. The van der Waals surface area contributed by atoms with Gasteiger partial charge in [-0.05, 0) is 26.8 Å². The molecular weight excluding hydrogens is 327 g/mol. The Balaban J connectivity index is 2.01. The molecular formula is C14H20Cl2N4O2. The lowest BCUT2D eigenvalue weighted by molar-refractivity contribution is 0.0240. The summed E-state index contributed by atoms with van der Waals surface area (Å²) in [4.78, 5) is 19.9. The van der Waals surface area contributed by atoms with E-state index in [0.717, 1.165) is 0 Å². The maximum Gasteiger partial charge on any atom is 0.410 e. The van der Waals surface area contributed by atoms with Crippen molar-refractivity contribution >= 4 is 40.9 Å². The minimum Gasteiger partial charge on any atom is -0.444 e. The number of carbonyl (C=O) groups excluding carboxylic acids is 1. The van der Waals surface area contributed by atoms with E-state index in [2.05, 4.69) is 4.98 Å². The summed E-state index contributed by atoms with van der Waals surface area (Å²) in [7, 11) is 0. The van der Waals surface area contributed by atoms with Gasteiger partial charge in [0.1, 0.15) is 17.2 Å². The first-order chi connectivity index (χ1) is 10.2. The highest BCUT2D eigenvalue weighted by atomic mass is 35.5. The second-order valence-electron chi connectivity index (χ2n) is 6.12. The molecule has 1 amide bonds. The van der Waals surface area contributed by atoms with Crippen LogP contribution in [0.3, 0.4) is 0 Å². The summed E-state index contributed by atoms with van der Waals surface area (Å²) >= 11 is 12.1. The van der Waals surface area contributed by atoms with Gasteiger partial charge in [-0.3, -0.25) is 0 Å². The average molecular weight is 347 g/mol. The summed E-state index contributed by atoms with van der Waals surface area (Å²) in [5.41, 5.74) is 5.23. The van der Waals surface area contributed by atoms with E-state index >= 15 is 0 Å². The number of ether oxygens (including phenoxy) is 1. The number of nitrogens with zero attached hydrogens (tertiary/aromatic N) is 3. The van der Waals surface area contributed by atoms with E-state index < -0.39 is 5.60 Å². The van der Waals surface area contributed by atoms with Crippen LogP contribution in [0.15, 0.2) is 6.07 Å². The van der Waals surface area contributed by atoms with E-state index in [1.807, 2.05) is 25.7 Å².